The van der Waals surface area contributed by atoms with Gasteiger partial charge >= 0.3 is 0 Å². The van der Waals surface area contributed by atoms with Crippen LogP contribution in [-0.4, -0.2) is 33.0 Å². The van der Waals surface area contributed by atoms with E-state index in [1.54, 1.807) is 0 Å². The Hall–Kier alpha value is -0.540. The van der Waals surface area contributed by atoms with Crippen molar-refractivity contribution in [3.8, 4) is 0 Å². The SMILES string of the molecule is CCC1(COCCOC2=CCCC2)COC1. The van der Waals surface area contributed by atoms with E-state index in [4.69, 9.17) is 14.2 Å². The summed E-state index contributed by atoms with van der Waals surface area (Å²) in [7, 11) is 0. The highest BCUT2D eigenvalue weighted by atomic mass is 16.5. The van der Waals surface area contributed by atoms with Gasteiger partial charge in [0.25, 0.3) is 0 Å². The van der Waals surface area contributed by atoms with Crippen molar-refractivity contribution in [2.24, 2.45) is 5.41 Å². The molecule has 3 nitrogen and oxygen atoms in total. The maximum atomic E-state index is 5.66. The summed E-state index contributed by atoms with van der Waals surface area (Å²) in [5.41, 5.74) is 0.298. The smallest absolute Gasteiger partial charge is 0.111 e. The van der Waals surface area contributed by atoms with E-state index in [2.05, 4.69) is 13.0 Å². The number of rotatable bonds is 7. The minimum atomic E-state index is 0.298. The third kappa shape index (κ3) is 2.98. The van der Waals surface area contributed by atoms with Gasteiger partial charge in [-0.3, -0.25) is 0 Å². The molecule has 0 aromatic rings. The molecular formula is C13H22O3. The van der Waals surface area contributed by atoms with E-state index in [1.807, 2.05) is 0 Å². The molecule has 0 saturated carbocycles. The van der Waals surface area contributed by atoms with Crippen molar-refractivity contribution < 1.29 is 14.2 Å². The quantitative estimate of drug-likeness (QED) is 0.624. The van der Waals surface area contributed by atoms with Crippen LogP contribution in [0.25, 0.3) is 0 Å². The molecule has 0 unspecified atom stereocenters. The van der Waals surface area contributed by atoms with E-state index in [0.717, 1.165) is 38.4 Å². The van der Waals surface area contributed by atoms with Gasteiger partial charge in [0.15, 0.2) is 0 Å². The second-order valence-electron chi connectivity index (χ2n) is 4.81. The predicted molar refractivity (Wildman–Crippen MR) is 62.2 cm³/mol. The fourth-order valence-corrected chi connectivity index (χ4v) is 2.07. The molecule has 0 aromatic heterocycles. The van der Waals surface area contributed by atoms with Crippen LogP contribution in [0.3, 0.4) is 0 Å². The number of ether oxygens (including phenoxy) is 3. The van der Waals surface area contributed by atoms with E-state index in [-0.39, 0.29) is 0 Å². The minimum Gasteiger partial charge on any atom is -0.496 e. The third-order valence-corrected chi connectivity index (χ3v) is 3.49. The van der Waals surface area contributed by atoms with E-state index >= 15 is 0 Å². The molecule has 1 saturated heterocycles. The largest absolute Gasteiger partial charge is 0.496 e. The predicted octanol–water partition coefficient (Wildman–Crippen LogP) is 2.51. The minimum absolute atomic E-state index is 0.298. The lowest BCUT2D eigenvalue weighted by Crippen LogP contribution is -2.45. The van der Waals surface area contributed by atoms with Gasteiger partial charge in [0.2, 0.25) is 0 Å². The van der Waals surface area contributed by atoms with Crippen LogP contribution in [0.2, 0.25) is 0 Å². The summed E-state index contributed by atoms with van der Waals surface area (Å²) in [5.74, 6) is 1.15. The van der Waals surface area contributed by atoms with Crippen LogP contribution in [0, 0.1) is 5.41 Å². The standard InChI is InChI=1S/C13H22O3/c1-2-13(10-15-11-13)9-14-7-8-16-12-5-3-4-6-12/h5H,2-4,6-11H2,1H3. The summed E-state index contributed by atoms with van der Waals surface area (Å²) in [6.45, 7) is 6.11. The van der Waals surface area contributed by atoms with Crippen LogP contribution < -0.4 is 0 Å². The zero-order chi connectivity index (χ0) is 11.3. The average molecular weight is 226 g/mol. The Bertz CT molecular complexity index is 238. The molecule has 0 amide bonds. The molecule has 1 heterocycles. The van der Waals surface area contributed by atoms with Crippen molar-refractivity contribution in [2.75, 3.05) is 33.0 Å². The first kappa shape index (κ1) is 11.9. The van der Waals surface area contributed by atoms with Gasteiger partial charge in [0, 0.05) is 11.8 Å². The molecule has 0 atom stereocenters. The van der Waals surface area contributed by atoms with Gasteiger partial charge in [-0.1, -0.05) is 6.92 Å². The van der Waals surface area contributed by atoms with Crippen LogP contribution >= 0.6 is 0 Å². The number of hydrogen-bond donors (Lipinski definition) is 0. The van der Waals surface area contributed by atoms with E-state index < -0.39 is 0 Å². The van der Waals surface area contributed by atoms with Gasteiger partial charge in [-0.15, -0.1) is 0 Å². The fraction of sp³-hybridized carbons (Fsp3) is 0.846. The Labute approximate surface area is 97.8 Å². The number of hydrogen-bond acceptors (Lipinski definition) is 3. The molecule has 1 aliphatic carbocycles. The molecule has 0 bridgehead atoms. The molecule has 2 aliphatic rings. The molecule has 1 fully saturated rings. The lowest BCUT2D eigenvalue weighted by molar-refractivity contribution is -0.152. The highest BCUT2D eigenvalue weighted by Gasteiger charge is 2.36. The van der Waals surface area contributed by atoms with E-state index in [1.165, 1.54) is 12.8 Å². The van der Waals surface area contributed by atoms with Gasteiger partial charge < -0.3 is 14.2 Å². The van der Waals surface area contributed by atoms with Crippen molar-refractivity contribution in [3.05, 3.63) is 11.8 Å². The lowest BCUT2D eigenvalue weighted by Gasteiger charge is -2.40. The highest BCUT2D eigenvalue weighted by Crippen LogP contribution is 2.31. The summed E-state index contributed by atoms with van der Waals surface area (Å²) < 4.78 is 16.5. The first-order valence-electron chi connectivity index (χ1n) is 6.32. The zero-order valence-corrected chi connectivity index (χ0v) is 10.2. The van der Waals surface area contributed by atoms with E-state index in [9.17, 15) is 0 Å². The van der Waals surface area contributed by atoms with Crippen molar-refractivity contribution in [1.29, 1.82) is 0 Å². The summed E-state index contributed by atoms with van der Waals surface area (Å²) in [4.78, 5) is 0. The molecule has 0 radical (unpaired) electrons. The van der Waals surface area contributed by atoms with E-state index in [0.29, 0.717) is 18.6 Å². The third-order valence-electron chi connectivity index (χ3n) is 3.49. The average Bonchev–Trinajstić information content (AvgIpc) is 2.74. The molecule has 0 spiro atoms. The van der Waals surface area contributed by atoms with Crippen LogP contribution in [-0.2, 0) is 14.2 Å². The van der Waals surface area contributed by atoms with Gasteiger partial charge in [-0.2, -0.15) is 0 Å². The van der Waals surface area contributed by atoms with Gasteiger partial charge in [0.05, 0.1) is 32.2 Å². The van der Waals surface area contributed by atoms with Crippen molar-refractivity contribution >= 4 is 0 Å². The first-order chi connectivity index (χ1) is 7.85. The maximum absolute atomic E-state index is 5.66. The summed E-state index contributed by atoms with van der Waals surface area (Å²) >= 11 is 0. The normalized spacial score (nSPS) is 22.7. The maximum Gasteiger partial charge on any atom is 0.111 e. The molecule has 0 N–H and O–H groups in total. The van der Waals surface area contributed by atoms with Crippen LogP contribution in [0.1, 0.15) is 32.6 Å². The second kappa shape index (κ2) is 5.69. The van der Waals surface area contributed by atoms with Crippen molar-refractivity contribution in [3.63, 3.8) is 0 Å². The molecule has 16 heavy (non-hydrogen) atoms. The van der Waals surface area contributed by atoms with Crippen molar-refractivity contribution in [2.45, 2.75) is 32.6 Å². The number of allylic oxidation sites excluding steroid dienone is 2. The van der Waals surface area contributed by atoms with Crippen LogP contribution in [0.4, 0.5) is 0 Å². The molecule has 2 rings (SSSR count). The monoisotopic (exact) mass is 226 g/mol. The summed E-state index contributed by atoms with van der Waals surface area (Å²) in [6.07, 6.45) is 6.85. The first-order valence-corrected chi connectivity index (χ1v) is 6.32. The second-order valence-corrected chi connectivity index (χ2v) is 4.81. The molecule has 3 heteroatoms. The Morgan fingerprint density at radius 1 is 1.38 bits per heavy atom. The Morgan fingerprint density at radius 2 is 2.25 bits per heavy atom. The van der Waals surface area contributed by atoms with Gasteiger partial charge in [0.1, 0.15) is 6.61 Å². The summed E-state index contributed by atoms with van der Waals surface area (Å²) in [5, 5.41) is 0. The Balaban J connectivity index is 1.51. The van der Waals surface area contributed by atoms with Crippen molar-refractivity contribution in [1.82, 2.24) is 0 Å². The summed E-state index contributed by atoms with van der Waals surface area (Å²) in [6, 6.07) is 0. The van der Waals surface area contributed by atoms with Crippen LogP contribution in [0.15, 0.2) is 11.8 Å². The molecule has 0 aromatic carbocycles. The van der Waals surface area contributed by atoms with Crippen LogP contribution in [0.5, 0.6) is 0 Å². The molecular weight excluding hydrogens is 204 g/mol. The molecule has 92 valence electrons. The Morgan fingerprint density at radius 3 is 2.81 bits per heavy atom. The molecule has 1 aliphatic heterocycles. The lowest BCUT2D eigenvalue weighted by atomic mass is 9.84. The Kier molecular flexibility index (Phi) is 4.24. The van der Waals surface area contributed by atoms with Gasteiger partial charge in [-0.05, 0) is 25.3 Å². The topological polar surface area (TPSA) is 27.7 Å². The fourth-order valence-electron chi connectivity index (χ4n) is 2.07. The zero-order valence-electron chi connectivity index (χ0n) is 10.2. The van der Waals surface area contributed by atoms with Gasteiger partial charge in [-0.25, -0.2) is 0 Å². The highest BCUT2D eigenvalue weighted by molar-refractivity contribution is 4.99.